The first-order valence-corrected chi connectivity index (χ1v) is 12.0. The summed E-state index contributed by atoms with van der Waals surface area (Å²) in [6.45, 7) is 8.39. The van der Waals surface area contributed by atoms with Crippen molar-refractivity contribution in [1.29, 1.82) is 0 Å². The van der Waals surface area contributed by atoms with Gasteiger partial charge in [-0.1, -0.05) is 19.9 Å². The minimum atomic E-state index is -1.96. The summed E-state index contributed by atoms with van der Waals surface area (Å²) >= 11 is 0. The molecule has 198 valence electrons. The monoisotopic (exact) mass is 505 g/mol. The molecule has 11 nitrogen and oxygen atoms in total. The molecular formula is C25H35N3O8. The summed E-state index contributed by atoms with van der Waals surface area (Å²) < 4.78 is 10.5. The van der Waals surface area contributed by atoms with E-state index in [-0.39, 0.29) is 12.8 Å². The summed E-state index contributed by atoms with van der Waals surface area (Å²) in [6, 6.07) is 5.24. The Labute approximate surface area is 209 Å². The van der Waals surface area contributed by atoms with Crippen molar-refractivity contribution in [3.05, 3.63) is 24.3 Å². The Bertz CT molecular complexity index is 1050. The SMILES string of the molecule is CCC1C(NC(=O)Nc2cccc(OC)c2)C2C(C(=O)O)C2(CC)C1(NC(=O)OC(C)(C)C)C(=O)O. The van der Waals surface area contributed by atoms with Gasteiger partial charge in [-0.2, -0.15) is 0 Å². The summed E-state index contributed by atoms with van der Waals surface area (Å²) in [5.74, 6) is -4.56. The van der Waals surface area contributed by atoms with E-state index in [1.165, 1.54) is 7.11 Å². The topological polar surface area (TPSA) is 163 Å². The van der Waals surface area contributed by atoms with Gasteiger partial charge in [0.25, 0.3) is 0 Å². The molecule has 1 aromatic rings. The normalized spacial score (nSPS) is 30.5. The molecule has 0 aromatic heterocycles. The fourth-order valence-corrected chi connectivity index (χ4v) is 6.33. The Balaban J connectivity index is 2.00. The lowest BCUT2D eigenvalue weighted by Gasteiger charge is -2.42. The van der Waals surface area contributed by atoms with Crippen LogP contribution in [0.4, 0.5) is 15.3 Å². The number of rotatable bonds is 8. The highest BCUT2D eigenvalue weighted by molar-refractivity contribution is 5.94. The van der Waals surface area contributed by atoms with E-state index in [9.17, 15) is 29.4 Å². The number of fused-ring (bicyclic) bond motifs is 1. The number of ether oxygens (including phenoxy) is 2. The molecular weight excluding hydrogens is 470 g/mol. The van der Waals surface area contributed by atoms with Crippen molar-refractivity contribution in [2.45, 2.75) is 64.6 Å². The largest absolute Gasteiger partial charge is 0.497 e. The predicted octanol–water partition coefficient (Wildman–Crippen LogP) is 3.30. The van der Waals surface area contributed by atoms with Crippen LogP contribution >= 0.6 is 0 Å². The molecule has 0 bridgehead atoms. The number of urea groups is 1. The number of nitrogens with one attached hydrogen (secondary N) is 3. The molecule has 2 saturated carbocycles. The van der Waals surface area contributed by atoms with Crippen molar-refractivity contribution in [2.75, 3.05) is 12.4 Å². The zero-order chi connectivity index (χ0) is 27.1. The summed E-state index contributed by atoms with van der Waals surface area (Å²) in [5.41, 5.74) is -3.72. The smallest absolute Gasteiger partial charge is 0.408 e. The van der Waals surface area contributed by atoms with E-state index in [0.29, 0.717) is 11.4 Å². The number of carbonyl (C=O) groups is 4. The summed E-state index contributed by atoms with van der Waals surface area (Å²) in [6.07, 6.45) is -0.521. The Morgan fingerprint density at radius 2 is 1.78 bits per heavy atom. The molecule has 5 N–H and O–H groups in total. The molecule has 2 fully saturated rings. The number of methoxy groups -OCH3 is 1. The Morgan fingerprint density at radius 3 is 2.28 bits per heavy atom. The second-order valence-electron chi connectivity index (χ2n) is 10.3. The number of hydrogen-bond acceptors (Lipinski definition) is 6. The minimum Gasteiger partial charge on any atom is -0.497 e. The predicted molar refractivity (Wildman–Crippen MR) is 130 cm³/mol. The quantitative estimate of drug-likeness (QED) is 0.359. The molecule has 11 heteroatoms. The van der Waals surface area contributed by atoms with Gasteiger partial charge in [-0.15, -0.1) is 0 Å². The molecule has 1 aromatic carbocycles. The van der Waals surface area contributed by atoms with Crippen molar-refractivity contribution < 1.29 is 38.9 Å². The minimum absolute atomic E-state index is 0.170. The molecule has 0 heterocycles. The van der Waals surface area contributed by atoms with Crippen LogP contribution in [0, 0.1) is 23.2 Å². The van der Waals surface area contributed by atoms with Gasteiger partial charge in [-0.05, 0) is 45.7 Å². The molecule has 3 rings (SSSR count). The molecule has 0 spiro atoms. The first-order chi connectivity index (χ1) is 16.8. The Hall–Kier alpha value is -3.50. The van der Waals surface area contributed by atoms with Crippen molar-refractivity contribution in [1.82, 2.24) is 10.6 Å². The van der Waals surface area contributed by atoms with Gasteiger partial charge >= 0.3 is 24.1 Å². The van der Waals surface area contributed by atoms with E-state index in [2.05, 4.69) is 16.0 Å². The first-order valence-electron chi connectivity index (χ1n) is 12.0. The highest BCUT2D eigenvalue weighted by atomic mass is 16.6. The molecule has 36 heavy (non-hydrogen) atoms. The van der Waals surface area contributed by atoms with E-state index >= 15 is 0 Å². The maximum absolute atomic E-state index is 13.0. The zero-order valence-corrected chi connectivity index (χ0v) is 21.4. The standard InChI is InChI=1S/C25H35N3O8/c1-7-15-18(27-21(33)26-13-10-9-11-14(12-13)35-6)16-17(19(29)30)24(16,8-2)25(15,20(31)32)28-22(34)36-23(3,4)5/h9-12,15-18H,7-8H2,1-6H3,(H,28,34)(H,29,30)(H,31,32)(H2,26,27,33). The van der Waals surface area contributed by atoms with Crippen molar-refractivity contribution in [2.24, 2.45) is 23.2 Å². The lowest BCUT2D eigenvalue weighted by molar-refractivity contribution is -0.153. The number of carbonyl (C=O) groups excluding carboxylic acids is 2. The third kappa shape index (κ3) is 4.31. The van der Waals surface area contributed by atoms with Gasteiger partial charge in [0.15, 0.2) is 5.54 Å². The lowest BCUT2D eigenvalue weighted by atomic mass is 9.70. The molecule has 6 atom stereocenters. The summed E-state index contributed by atoms with van der Waals surface area (Å²) in [5, 5.41) is 28.6. The van der Waals surface area contributed by atoms with Gasteiger partial charge in [0.1, 0.15) is 11.4 Å². The van der Waals surface area contributed by atoms with E-state index in [4.69, 9.17) is 9.47 Å². The molecule has 0 radical (unpaired) electrons. The maximum atomic E-state index is 13.0. The average molecular weight is 506 g/mol. The van der Waals surface area contributed by atoms with Crippen LogP contribution in [-0.2, 0) is 14.3 Å². The molecule has 2 aliphatic carbocycles. The van der Waals surface area contributed by atoms with Crippen LogP contribution in [0.15, 0.2) is 24.3 Å². The van der Waals surface area contributed by atoms with Gasteiger partial charge in [0.2, 0.25) is 0 Å². The van der Waals surface area contributed by atoms with E-state index < -0.39 is 64.4 Å². The fraction of sp³-hybridized carbons (Fsp3) is 0.600. The van der Waals surface area contributed by atoms with Crippen LogP contribution < -0.4 is 20.7 Å². The average Bonchev–Trinajstić information content (AvgIpc) is 3.41. The Kier molecular flexibility index (Phi) is 7.16. The molecule has 2 aliphatic rings. The van der Waals surface area contributed by atoms with E-state index in [0.717, 1.165) is 0 Å². The lowest BCUT2D eigenvalue weighted by Crippen LogP contribution is -2.66. The number of anilines is 1. The van der Waals surface area contributed by atoms with Crippen LogP contribution in [0.5, 0.6) is 5.75 Å². The van der Waals surface area contributed by atoms with Gasteiger partial charge < -0.3 is 35.6 Å². The number of carboxylic acids is 2. The van der Waals surface area contributed by atoms with Crippen LogP contribution in [0.2, 0.25) is 0 Å². The Morgan fingerprint density at radius 1 is 1.11 bits per heavy atom. The third-order valence-electron chi connectivity index (χ3n) is 7.46. The number of hydrogen-bond donors (Lipinski definition) is 5. The second kappa shape index (κ2) is 9.51. The van der Waals surface area contributed by atoms with Gasteiger partial charge in [0, 0.05) is 35.0 Å². The van der Waals surface area contributed by atoms with Crippen LogP contribution in [0.25, 0.3) is 0 Å². The summed E-state index contributed by atoms with van der Waals surface area (Å²) in [7, 11) is 1.50. The van der Waals surface area contributed by atoms with Crippen molar-refractivity contribution in [3.8, 4) is 5.75 Å². The maximum Gasteiger partial charge on any atom is 0.408 e. The number of amides is 3. The molecule has 0 aliphatic heterocycles. The van der Waals surface area contributed by atoms with Crippen LogP contribution in [-0.4, -0.2) is 58.6 Å². The number of alkyl carbamates (subject to hydrolysis) is 1. The van der Waals surface area contributed by atoms with E-state index in [1.54, 1.807) is 58.9 Å². The highest BCUT2D eigenvalue weighted by Gasteiger charge is 2.88. The third-order valence-corrected chi connectivity index (χ3v) is 7.46. The first kappa shape index (κ1) is 27.1. The number of benzene rings is 1. The van der Waals surface area contributed by atoms with Crippen LogP contribution in [0.3, 0.4) is 0 Å². The molecule has 0 saturated heterocycles. The van der Waals surface area contributed by atoms with Gasteiger partial charge in [-0.25, -0.2) is 14.4 Å². The fourth-order valence-electron chi connectivity index (χ4n) is 6.33. The molecule has 3 amide bonds. The van der Waals surface area contributed by atoms with E-state index in [1.807, 2.05) is 0 Å². The van der Waals surface area contributed by atoms with Crippen molar-refractivity contribution >= 4 is 29.8 Å². The van der Waals surface area contributed by atoms with Gasteiger partial charge in [-0.3, -0.25) is 4.79 Å². The van der Waals surface area contributed by atoms with Crippen molar-refractivity contribution in [3.63, 3.8) is 0 Å². The summed E-state index contributed by atoms with van der Waals surface area (Å²) in [4.78, 5) is 51.1. The molecule has 6 unspecified atom stereocenters. The van der Waals surface area contributed by atoms with Gasteiger partial charge in [0.05, 0.1) is 13.0 Å². The zero-order valence-electron chi connectivity index (χ0n) is 21.4. The number of carboxylic acid groups (broad SMARTS) is 2. The van der Waals surface area contributed by atoms with Crippen LogP contribution in [0.1, 0.15) is 47.5 Å². The number of aliphatic carboxylic acids is 2. The second-order valence-corrected chi connectivity index (χ2v) is 10.3. The highest BCUT2D eigenvalue weighted by Crippen LogP contribution is 2.76.